The van der Waals surface area contributed by atoms with Gasteiger partial charge in [0.2, 0.25) is 0 Å². The van der Waals surface area contributed by atoms with Gasteiger partial charge < -0.3 is 15.4 Å². The standard InChI is InChI=1S/C15H12F3N3O3/c16-15(17,18)12-3-1-2-9-10(12)6-19-7-11(9)13(22)20-4-8-5-21-14(23)24-8/h1-3,6-8H,4-5H2,(H,20,22)(H,21,23). The molecule has 9 heteroatoms. The van der Waals surface area contributed by atoms with Gasteiger partial charge >= 0.3 is 12.3 Å². The predicted octanol–water partition coefficient (Wildman–Crippen LogP) is 2.09. The maximum absolute atomic E-state index is 13.1. The van der Waals surface area contributed by atoms with Crippen LogP contribution in [-0.2, 0) is 10.9 Å². The first-order valence-corrected chi connectivity index (χ1v) is 7.03. The lowest BCUT2D eigenvalue weighted by Crippen LogP contribution is -2.34. The van der Waals surface area contributed by atoms with Crippen LogP contribution in [0.15, 0.2) is 30.6 Å². The zero-order valence-corrected chi connectivity index (χ0v) is 12.2. The average molecular weight is 339 g/mol. The SMILES string of the molecule is O=C1NCC(CNC(=O)c2cncc3c(C(F)(F)F)cccc23)O1. The van der Waals surface area contributed by atoms with Crippen molar-refractivity contribution in [2.24, 2.45) is 0 Å². The van der Waals surface area contributed by atoms with Crippen molar-refractivity contribution in [1.82, 2.24) is 15.6 Å². The van der Waals surface area contributed by atoms with Gasteiger partial charge in [0.05, 0.1) is 24.2 Å². The summed E-state index contributed by atoms with van der Waals surface area (Å²) in [5.41, 5.74) is -0.827. The number of halogens is 3. The molecular formula is C15H12F3N3O3. The minimum Gasteiger partial charge on any atom is -0.442 e. The van der Waals surface area contributed by atoms with E-state index in [0.717, 1.165) is 12.3 Å². The maximum Gasteiger partial charge on any atom is 0.417 e. The van der Waals surface area contributed by atoms with E-state index in [4.69, 9.17) is 4.74 Å². The van der Waals surface area contributed by atoms with E-state index in [2.05, 4.69) is 15.6 Å². The summed E-state index contributed by atoms with van der Waals surface area (Å²) >= 11 is 0. The lowest BCUT2D eigenvalue weighted by atomic mass is 10.0. The molecule has 2 aromatic rings. The van der Waals surface area contributed by atoms with E-state index < -0.39 is 29.8 Å². The smallest absolute Gasteiger partial charge is 0.417 e. The molecule has 0 radical (unpaired) electrons. The highest BCUT2D eigenvalue weighted by Crippen LogP contribution is 2.35. The number of carbonyl (C=O) groups excluding carboxylic acids is 2. The van der Waals surface area contributed by atoms with E-state index in [1.54, 1.807) is 0 Å². The molecule has 6 nitrogen and oxygen atoms in total. The van der Waals surface area contributed by atoms with E-state index in [0.29, 0.717) is 0 Å². The second-order valence-corrected chi connectivity index (χ2v) is 5.20. The Bertz CT molecular complexity index is 807. The van der Waals surface area contributed by atoms with Crippen LogP contribution in [0.2, 0.25) is 0 Å². The molecule has 1 atom stereocenters. The third-order valence-corrected chi connectivity index (χ3v) is 3.59. The summed E-state index contributed by atoms with van der Waals surface area (Å²) in [4.78, 5) is 26.9. The van der Waals surface area contributed by atoms with Crippen molar-refractivity contribution in [1.29, 1.82) is 0 Å². The van der Waals surface area contributed by atoms with E-state index in [9.17, 15) is 22.8 Å². The van der Waals surface area contributed by atoms with Crippen LogP contribution < -0.4 is 10.6 Å². The first-order valence-electron chi connectivity index (χ1n) is 7.03. The third-order valence-electron chi connectivity index (χ3n) is 3.59. The fourth-order valence-corrected chi connectivity index (χ4v) is 2.47. The molecule has 1 saturated heterocycles. The Morgan fingerprint density at radius 1 is 1.33 bits per heavy atom. The van der Waals surface area contributed by atoms with Gasteiger partial charge in [0.1, 0.15) is 6.10 Å². The zero-order chi connectivity index (χ0) is 17.3. The molecule has 126 valence electrons. The number of fused-ring (bicyclic) bond motifs is 1. The molecule has 24 heavy (non-hydrogen) atoms. The minimum atomic E-state index is -4.54. The van der Waals surface area contributed by atoms with Crippen LogP contribution in [0.25, 0.3) is 10.8 Å². The number of rotatable bonds is 3. The average Bonchev–Trinajstić information content (AvgIpc) is 2.96. The monoisotopic (exact) mass is 339 g/mol. The number of alkyl halides is 3. The minimum absolute atomic E-state index is 0.0240. The second-order valence-electron chi connectivity index (χ2n) is 5.20. The number of nitrogens with one attached hydrogen (secondary N) is 2. The number of hydrogen-bond acceptors (Lipinski definition) is 4. The summed E-state index contributed by atoms with van der Waals surface area (Å²) < 4.78 is 44.0. The van der Waals surface area contributed by atoms with Crippen LogP contribution in [0.5, 0.6) is 0 Å². The van der Waals surface area contributed by atoms with E-state index in [1.165, 1.54) is 18.3 Å². The van der Waals surface area contributed by atoms with Crippen molar-refractivity contribution >= 4 is 22.8 Å². The fourth-order valence-electron chi connectivity index (χ4n) is 2.47. The number of pyridine rings is 1. The first kappa shape index (κ1) is 16.0. The molecule has 1 aromatic heterocycles. The molecule has 1 aliphatic rings. The molecule has 0 spiro atoms. The molecule has 1 fully saturated rings. The molecule has 0 bridgehead atoms. The van der Waals surface area contributed by atoms with Crippen LogP contribution in [0.3, 0.4) is 0 Å². The van der Waals surface area contributed by atoms with Gasteiger partial charge in [-0.15, -0.1) is 0 Å². The summed E-state index contributed by atoms with van der Waals surface area (Å²) in [6.45, 7) is 0.304. The Balaban J connectivity index is 1.86. The molecular weight excluding hydrogens is 327 g/mol. The number of benzene rings is 1. The summed E-state index contributed by atoms with van der Waals surface area (Å²) in [6, 6.07) is 3.61. The Morgan fingerprint density at radius 2 is 2.12 bits per heavy atom. The van der Waals surface area contributed by atoms with E-state index in [-0.39, 0.29) is 29.4 Å². The molecule has 1 aliphatic heterocycles. The van der Waals surface area contributed by atoms with E-state index in [1.807, 2.05) is 0 Å². The van der Waals surface area contributed by atoms with Crippen molar-refractivity contribution in [3.05, 3.63) is 41.7 Å². The molecule has 2 heterocycles. The number of ether oxygens (including phenoxy) is 1. The Labute approximate surface area is 134 Å². The van der Waals surface area contributed by atoms with Gasteiger partial charge in [-0.2, -0.15) is 13.2 Å². The van der Waals surface area contributed by atoms with Gasteiger partial charge in [-0.25, -0.2) is 4.79 Å². The van der Waals surface area contributed by atoms with Crippen molar-refractivity contribution in [3.8, 4) is 0 Å². The molecule has 2 N–H and O–H groups in total. The zero-order valence-electron chi connectivity index (χ0n) is 12.2. The molecule has 3 rings (SSSR count). The summed E-state index contributed by atoms with van der Waals surface area (Å²) in [5, 5.41) is 4.98. The van der Waals surface area contributed by atoms with Gasteiger partial charge in [0, 0.05) is 17.8 Å². The lowest BCUT2D eigenvalue weighted by Gasteiger charge is -2.13. The van der Waals surface area contributed by atoms with Crippen molar-refractivity contribution in [2.75, 3.05) is 13.1 Å². The Kier molecular flexibility index (Phi) is 4.00. The van der Waals surface area contributed by atoms with Crippen molar-refractivity contribution in [2.45, 2.75) is 12.3 Å². The predicted molar refractivity (Wildman–Crippen MR) is 77.3 cm³/mol. The normalized spacial score (nSPS) is 17.5. The summed E-state index contributed by atoms with van der Waals surface area (Å²) in [5.74, 6) is -0.588. The highest BCUT2D eigenvalue weighted by atomic mass is 19.4. The summed E-state index contributed by atoms with van der Waals surface area (Å²) in [7, 11) is 0. The van der Waals surface area contributed by atoms with Crippen LogP contribution in [0, 0.1) is 0 Å². The highest BCUT2D eigenvalue weighted by molar-refractivity contribution is 6.07. The topological polar surface area (TPSA) is 80.3 Å². The van der Waals surface area contributed by atoms with Crippen molar-refractivity contribution < 1.29 is 27.5 Å². The molecule has 0 saturated carbocycles. The largest absolute Gasteiger partial charge is 0.442 e. The molecule has 1 unspecified atom stereocenters. The van der Waals surface area contributed by atoms with Gasteiger partial charge in [-0.1, -0.05) is 12.1 Å². The molecule has 2 amide bonds. The number of carbonyl (C=O) groups is 2. The Hall–Kier alpha value is -2.84. The lowest BCUT2D eigenvalue weighted by molar-refractivity contribution is -0.136. The van der Waals surface area contributed by atoms with Crippen molar-refractivity contribution in [3.63, 3.8) is 0 Å². The summed E-state index contributed by atoms with van der Waals surface area (Å²) in [6.07, 6.45) is -3.35. The van der Waals surface area contributed by atoms with Crippen LogP contribution in [-0.4, -0.2) is 36.2 Å². The third kappa shape index (κ3) is 3.10. The number of amides is 2. The van der Waals surface area contributed by atoms with Gasteiger partial charge in [0.25, 0.3) is 5.91 Å². The first-order chi connectivity index (χ1) is 11.4. The van der Waals surface area contributed by atoms with Gasteiger partial charge in [-0.3, -0.25) is 9.78 Å². The highest BCUT2D eigenvalue weighted by Gasteiger charge is 2.33. The number of alkyl carbamates (subject to hydrolysis) is 1. The van der Waals surface area contributed by atoms with Crippen LogP contribution >= 0.6 is 0 Å². The molecule has 1 aromatic carbocycles. The number of nitrogens with zero attached hydrogens (tertiary/aromatic N) is 1. The fraction of sp³-hybridized carbons (Fsp3) is 0.267. The van der Waals surface area contributed by atoms with E-state index >= 15 is 0 Å². The number of hydrogen-bond donors (Lipinski definition) is 2. The van der Waals surface area contributed by atoms with Crippen LogP contribution in [0.1, 0.15) is 15.9 Å². The van der Waals surface area contributed by atoms with Gasteiger partial charge in [0.15, 0.2) is 0 Å². The quantitative estimate of drug-likeness (QED) is 0.897. The number of cyclic esters (lactones) is 1. The van der Waals surface area contributed by atoms with Crippen LogP contribution in [0.4, 0.5) is 18.0 Å². The molecule has 0 aliphatic carbocycles. The Morgan fingerprint density at radius 3 is 2.79 bits per heavy atom. The number of aromatic nitrogens is 1. The van der Waals surface area contributed by atoms with Gasteiger partial charge in [-0.05, 0) is 11.5 Å². The second kappa shape index (κ2) is 5.99. The maximum atomic E-state index is 13.1.